The summed E-state index contributed by atoms with van der Waals surface area (Å²) in [5.41, 5.74) is 0. The lowest BCUT2D eigenvalue weighted by atomic mass is 10.1. The number of nitrogens with zero attached hydrogens (tertiary/aromatic N) is 1. The first-order valence-electron chi connectivity index (χ1n) is 5.52. The Balaban J connectivity index is 2.35. The van der Waals surface area contributed by atoms with E-state index in [9.17, 15) is 4.21 Å². The highest BCUT2D eigenvalue weighted by Gasteiger charge is 2.21. The summed E-state index contributed by atoms with van der Waals surface area (Å²) in [5, 5.41) is 8.70. The van der Waals surface area contributed by atoms with Gasteiger partial charge in [0.1, 0.15) is 0 Å². The third-order valence-corrected chi connectivity index (χ3v) is 5.06. The average molecular weight is 213 g/mol. The van der Waals surface area contributed by atoms with Crippen LogP contribution in [0, 0.1) is 17.2 Å². The molecule has 1 aliphatic carbocycles. The van der Waals surface area contributed by atoms with E-state index in [2.05, 4.69) is 6.07 Å². The predicted molar refractivity (Wildman–Crippen MR) is 59.3 cm³/mol. The molecule has 0 heterocycles. The van der Waals surface area contributed by atoms with Gasteiger partial charge in [0.25, 0.3) is 0 Å². The molecule has 0 radical (unpaired) electrons. The van der Waals surface area contributed by atoms with Crippen LogP contribution >= 0.6 is 0 Å². The van der Waals surface area contributed by atoms with Crippen molar-refractivity contribution in [3.8, 4) is 6.07 Å². The van der Waals surface area contributed by atoms with Crippen LogP contribution in [-0.4, -0.2) is 15.2 Å². The zero-order chi connectivity index (χ0) is 10.4. The molecule has 14 heavy (non-hydrogen) atoms. The van der Waals surface area contributed by atoms with Crippen molar-refractivity contribution in [3.05, 3.63) is 0 Å². The fourth-order valence-electron chi connectivity index (χ4n) is 2.07. The second-order valence-electron chi connectivity index (χ2n) is 4.09. The molecule has 0 N–H and O–H groups in total. The zero-order valence-electron chi connectivity index (χ0n) is 8.87. The Morgan fingerprint density at radius 1 is 1.50 bits per heavy atom. The maximum absolute atomic E-state index is 11.9. The molecule has 80 valence electrons. The number of nitriles is 1. The number of rotatable bonds is 5. The van der Waals surface area contributed by atoms with Gasteiger partial charge in [-0.05, 0) is 25.2 Å². The average Bonchev–Trinajstić information content (AvgIpc) is 2.66. The van der Waals surface area contributed by atoms with Crippen LogP contribution < -0.4 is 0 Å². The van der Waals surface area contributed by atoms with E-state index in [1.165, 1.54) is 25.7 Å². The molecule has 1 fully saturated rings. The van der Waals surface area contributed by atoms with E-state index in [0.717, 1.165) is 12.2 Å². The van der Waals surface area contributed by atoms with Gasteiger partial charge < -0.3 is 0 Å². The van der Waals surface area contributed by atoms with Gasteiger partial charge in [-0.15, -0.1) is 0 Å². The Morgan fingerprint density at radius 2 is 2.14 bits per heavy atom. The second kappa shape index (κ2) is 6.19. The Kier molecular flexibility index (Phi) is 5.17. The van der Waals surface area contributed by atoms with Crippen molar-refractivity contribution in [1.82, 2.24) is 0 Å². The van der Waals surface area contributed by atoms with Gasteiger partial charge in [0, 0.05) is 28.2 Å². The normalized spacial score (nSPS) is 21.7. The predicted octanol–water partition coefficient (Wildman–Crippen LogP) is 2.62. The van der Waals surface area contributed by atoms with E-state index in [1.807, 2.05) is 6.92 Å². The molecule has 0 saturated heterocycles. The Labute approximate surface area is 89.1 Å². The quantitative estimate of drug-likeness (QED) is 0.704. The fourth-order valence-corrected chi connectivity index (χ4v) is 3.77. The van der Waals surface area contributed by atoms with Crippen molar-refractivity contribution < 1.29 is 4.21 Å². The van der Waals surface area contributed by atoms with E-state index >= 15 is 0 Å². The molecule has 0 aromatic heterocycles. The molecule has 2 atom stereocenters. The third kappa shape index (κ3) is 3.42. The van der Waals surface area contributed by atoms with Crippen molar-refractivity contribution in [2.45, 2.75) is 50.7 Å². The molecule has 0 aromatic carbocycles. The lowest BCUT2D eigenvalue weighted by Gasteiger charge is -2.14. The molecule has 0 aromatic rings. The molecular weight excluding hydrogens is 194 g/mol. The molecule has 1 rings (SSSR count). The van der Waals surface area contributed by atoms with Gasteiger partial charge >= 0.3 is 0 Å². The van der Waals surface area contributed by atoms with Crippen molar-refractivity contribution in [3.63, 3.8) is 0 Å². The molecule has 1 aliphatic rings. The Morgan fingerprint density at radius 3 is 2.64 bits per heavy atom. The first-order valence-corrected chi connectivity index (χ1v) is 6.90. The van der Waals surface area contributed by atoms with E-state index in [4.69, 9.17) is 5.26 Å². The van der Waals surface area contributed by atoms with Crippen LogP contribution in [0.25, 0.3) is 0 Å². The minimum atomic E-state index is -0.770. The highest BCUT2D eigenvalue weighted by atomic mass is 32.2. The zero-order valence-corrected chi connectivity index (χ0v) is 9.68. The van der Waals surface area contributed by atoms with Crippen LogP contribution in [0.3, 0.4) is 0 Å². The first-order chi connectivity index (χ1) is 6.77. The van der Waals surface area contributed by atoms with E-state index in [-0.39, 0.29) is 5.25 Å². The van der Waals surface area contributed by atoms with Gasteiger partial charge in [0.15, 0.2) is 0 Å². The molecule has 0 bridgehead atoms. The van der Waals surface area contributed by atoms with Crippen LogP contribution in [0.4, 0.5) is 0 Å². The summed E-state index contributed by atoms with van der Waals surface area (Å²) >= 11 is 0. The maximum Gasteiger partial charge on any atom is 0.0634 e. The summed E-state index contributed by atoms with van der Waals surface area (Å²) in [6.45, 7) is 2.02. The smallest absolute Gasteiger partial charge is 0.0634 e. The largest absolute Gasteiger partial charge is 0.259 e. The van der Waals surface area contributed by atoms with Crippen molar-refractivity contribution in [2.24, 2.45) is 5.92 Å². The van der Waals surface area contributed by atoms with E-state index < -0.39 is 10.8 Å². The summed E-state index contributed by atoms with van der Waals surface area (Å²) in [6, 6.07) is 2.13. The van der Waals surface area contributed by atoms with Crippen LogP contribution in [0.5, 0.6) is 0 Å². The van der Waals surface area contributed by atoms with E-state index in [1.54, 1.807) is 0 Å². The maximum atomic E-state index is 11.9. The summed E-state index contributed by atoms with van der Waals surface area (Å²) in [7, 11) is -0.770. The van der Waals surface area contributed by atoms with Gasteiger partial charge in [0.05, 0.1) is 6.07 Å². The summed E-state index contributed by atoms with van der Waals surface area (Å²) < 4.78 is 11.9. The monoisotopic (exact) mass is 213 g/mol. The first kappa shape index (κ1) is 11.7. The van der Waals surface area contributed by atoms with Gasteiger partial charge in [0.2, 0.25) is 0 Å². The van der Waals surface area contributed by atoms with Crippen molar-refractivity contribution in [1.29, 1.82) is 5.26 Å². The molecule has 2 nitrogen and oxygen atoms in total. The molecule has 1 saturated carbocycles. The second-order valence-corrected chi connectivity index (χ2v) is 5.85. The topological polar surface area (TPSA) is 40.9 Å². The van der Waals surface area contributed by atoms with Gasteiger partial charge in [-0.2, -0.15) is 5.26 Å². The van der Waals surface area contributed by atoms with Gasteiger partial charge in [-0.1, -0.05) is 19.8 Å². The van der Waals surface area contributed by atoms with Crippen LogP contribution in [-0.2, 0) is 10.8 Å². The standard InChI is InChI=1S/C11H19NOS/c1-2-11(7-8-12)14(13)9-10-5-3-4-6-10/h10-11H,2-7,9H2,1H3. The number of hydrogen-bond acceptors (Lipinski definition) is 2. The minimum Gasteiger partial charge on any atom is -0.259 e. The summed E-state index contributed by atoms with van der Waals surface area (Å²) in [4.78, 5) is 0. The fraction of sp³-hybridized carbons (Fsp3) is 0.909. The lowest BCUT2D eigenvalue weighted by Crippen LogP contribution is -2.20. The molecule has 0 spiro atoms. The highest BCUT2D eigenvalue weighted by Crippen LogP contribution is 2.26. The van der Waals surface area contributed by atoms with Crippen LogP contribution in [0.1, 0.15) is 45.4 Å². The van der Waals surface area contributed by atoms with Crippen LogP contribution in [0.15, 0.2) is 0 Å². The van der Waals surface area contributed by atoms with Crippen LogP contribution in [0.2, 0.25) is 0 Å². The van der Waals surface area contributed by atoms with Gasteiger partial charge in [-0.3, -0.25) is 4.21 Å². The summed E-state index contributed by atoms with van der Waals surface area (Å²) in [6.07, 6.45) is 6.42. The van der Waals surface area contributed by atoms with Crippen molar-refractivity contribution in [2.75, 3.05) is 5.75 Å². The molecule has 0 aliphatic heterocycles. The lowest BCUT2D eigenvalue weighted by molar-refractivity contribution is 0.597. The van der Waals surface area contributed by atoms with Gasteiger partial charge in [-0.25, -0.2) is 0 Å². The van der Waals surface area contributed by atoms with Crippen molar-refractivity contribution >= 4 is 10.8 Å². The Bertz CT molecular complexity index is 228. The number of hydrogen-bond donors (Lipinski definition) is 0. The van der Waals surface area contributed by atoms with E-state index in [0.29, 0.717) is 12.3 Å². The third-order valence-electron chi connectivity index (χ3n) is 3.02. The highest BCUT2D eigenvalue weighted by molar-refractivity contribution is 7.85. The molecule has 3 heteroatoms. The minimum absolute atomic E-state index is 0.112. The molecular formula is C11H19NOS. The molecule has 0 amide bonds. The molecule has 2 unspecified atom stereocenters. The summed E-state index contributed by atoms with van der Waals surface area (Å²) in [5.74, 6) is 1.50. The SMILES string of the molecule is CCC(CC#N)S(=O)CC1CCCC1. The Hall–Kier alpha value is -0.360.